The number of ether oxygens (including phenoxy) is 1. The molecule has 43 heavy (non-hydrogen) atoms. The monoisotopic (exact) mass is 614 g/mol. The van der Waals surface area contributed by atoms with Crippen molar-refractivity contribution in [2.45, 2.75) is 125 Å². The molecule has 0 aliphatic heterocycles. The van der Waals surface area contributed by atoms with Gasteiger partial charge in [0.15, 0.2) is 5.78 Å². The van der Waals surface area contributed by atoms with Crippen LogP contribution in [0.3, 0.4) is 0 Å². The molecule has 0 heterocycles. The van der Waals surface area contributed by atoms with Gasteiger partial charge in [0, 0.05) is 28.7 Å². The van der Waals surface area contributed by atoms with Crippen molar-refractivity contribution in [1.29, 1.82) is 0 Å². The molecular formula is C34H48Na2O7. The summed E-state index contributed by atoms with van der Waals surface area (Å²) < 4.78 is 5.87. The molecule has 5 unspecified atom stereocenters. The van der Waals surface area contributed by atoms with Crippen molar-refractivity contribution in [3.8, 4) is 0 Å². The Balaban J connectivity index is 0.00000253. The van der Waals surface area contributed by atoms with Gasteiger partial charge >= 0.3 is 65.1 Å². The fourth-order valence-corrected chi connectivity index (χ4v) is 11.0. The molecule has 0 radical (unpaired) electrons. The summed E-state index contributed by atoms with van der Waals surface area (Å²) in [4.78, 5) is 50.0. The number of rotatable bonds is 5. The molecule has 0 aromatic rings. The second-order valence-corrected chi connectivity index (χ2v) is 16.3. The first-order valence-electron chi connectivity index (χ1n) is 15.7. The fourth-order valence-electron chi connectivity index (χ4n) is 11.0. The number of allylic oxidation sites excluding steroid dienone is 2. The van der Waals surface area contributed by atoms with E-state index in [0.717, 1.165) is 38.5 Å². The zero-order chi connectivity index (χ0) is 30.4. The third kappa shape index (κ3) is 5.60. The van der Waals surface area contributed by atoms with Crippen LogP contribution >= 0.6 is 0 Å². The molecule has 4 fully saturated rings. The van der Waals surface area contributed by atoms with E-state index in [-0.39, 0.29) is 129 Å². The van der Waals surface area contributed by atoms with E-state index in [2.05, 4.69) is 41.5 Å². The van der Waals surface area contributed by atoms with Gasteiger partial charge in [0.25, 0.3) is 0 Å². The van der Waals surface area contributed by atoms with E-state index in [0.29, 0.717) is 19.3 Å². The number of carbonyl (C=O) groups excluding carboxylic acids is 4. The quantitative estimate of drug-likeness (QED) is 0.264. The van der Waals surface area contributed by atoms with E-state index >= 15 is 0 Å². The number of fused-ring (bicyclic) bond motifs is 7. The smallest absolute Gasteiger partial charge is 0.550 e. The Hall–Kier alpha value is -0.180. The van der Waals surface area contributed by atoms with Crippen LogP contribution in [0.2, 0.25) is 0 Å². The van der Waals surface area contributed by atoms with Gasteiger partial charge in [0.1, 0.15) is 6.10 Å². The van der Waals surface area contributed by atoms with Crippen molar-refractivity contribution in [2.75, 3.05) is 0 Å². The summed E-state index contributed by atoms with van der Waals surface area (Å²) in [6.07, 6.45) is 8.26. The molecule has 228 valence electrons. The minimum absolute atomic E-state index is 0. The van der Waals surface area contributed by atoms with Gasteiger partial charge in [-0.25, -0.2) is 0 Å². The fraction of sp³-hybridized carbons (Fsp3) is 0.824. The standard InChI is InChI=1S/C34H50O7.2Na/c1-29(2)23-10-13-34(7)27(32(23,5)12-11-24(29)41-26(38)9-8-25(36)37)22(35)18-20-21-19-31(4,28(39)40)15-14-30(21,3)16-17-33(20,34)6;;/h18,21,23-24,27H,8-17,19H2,1-7H3,(H,36,37)(H,39,40);;/q;2*+1/p-2/t21?,23?,24?,27?,30-,31?,32+,33-,34-;;/m1../s1. The van der Waals surface area contributed by atoms with Crippen LogP contribution in [0.4, 0.5) is 0 Å². The number of aliphatic carboxylic acids is 2. The van der Waals surface area contributed by atoms with Gasteiger partial charge in [-0.15, -0.1) is 0 Å². The van der Waals surface area contributed by atoms with Crippen molar-refractivity contribution in [3.05, 3.63) is 11.6 Å². The molecule has 9 atom stereocenters. The molecule has 5 rings (SSSR count). The number of ketones is 1. The van der Waals surface area contributed by atoms with E-state index in [1.165, 1.54) is 5.57 Å². The average molecular weight is 615 g/mol. The summed E-state index contributed by atoms with van der Waals surface area (Å²) in [5, 5.41) is 23.1. The van der Waals surface area contributed by atoms with Crippen LogP contribution in [-0.4, -0.2) is 29.8 Å². The first-order valence-corrected chi connectivity index (χ1v) is 15.7. The van der Waals surface area contributed by atoms with E-state index in [1.54, 1.807) is 0 Å². The van der Waals surface area contributed by atoms with Crippen LogP contribution in [0.15, 0.2) is 11.6 Å². The van der Waals surface area contributed by atoms with Crippen molar-refractivity contribution < 1.29 is 93.2 Å². The van der Waals surface area contributed by atoms with Gasteiger partial charge in [-0.1, -0.05) is 54.0 Å². The molecule has 9 heteroatoms. The summed E-state index contributed by atoms with van der Waals surface area (Å²) in [6, 6.07) is 0. The average Bonchev–Trinajstić information content (AvgIpc) is 2.86. The molecule has 5 aliphatic carbocycles. The molecule has 5 aliphatic rings. The molecule has 0 aromatic heterocycles. The molecule has 4 saturated carbocycles. The molecule has 0 N–H and O–H groups in total. The molecule has 0 saturated heterocycles. The summed E-state index contributed by atoms with van der Waals surface area (Å²) in [6.45, 7) is 15.3. The van der Waals surface area contributed by atoms with Crippen molar-refractivity contribution >= 4 is 23.7 Å². The first-order chi connectivity index (χ1) is 18.8. The van der Waals surface area contributed by atoms with Crippen molar-refractivity contribution in [3.63, 3.8) is 0 Å². The van der Waals surface area contributed by atoms with E-state index in [1.807, 2.05) is 13.0 Å². The minimum atomic E-state index is -1.26. The third-order valence-electron chi connectivity index (χ3n) is 13.8. The summed E-state index contributed by atoms with van der Waals surface area (Å²) in [5.41, 5.74) is -0.823. The van der Waals surface area contributed by atoms with E-state index in [9.17, 15) is 29.4 Å². The predicted octanol–water partition coefficient (Wildman–Crippen LogP) is -1.83. The van der Waals surface area contributed by atoms with Gasteiger partial charge in [0.2, 0.25) is 0 Å². The zero-order valence-corrected chi connectivity index (χ0v) is 32.0. The Morgan fingerprint density at radius 2 is 1.49 bits per heavy atom. The number of carboxylic acid groups (broad SMARTS) is 2. The second kappa shape index (κ2) is 12.1. The Morgan fingerprint density at radius 3 is 2.09 bits per heavy atom. The topological polar surface area (TPSA) is 124 Å². The van der Waals surface area contributed by atoms with Crippen molar-refractivity contribution in [1.82, 2.24) is 0 Å². The molecular weight excluding hydrogens is 566 g/mol. The van der Waals surface area contributed by atoms with Crippen LogP contribution in [0.5, 0.6) is 0 Å². The van der Waals surface area contributed by atoms with Gasteiger partial charge in [0.05, 0.1) is 6.42 Å². The Morgan fingerprint density at radius 1 is 0.860 bits per heavy atom. The maximum Gasteiger partial charge on any atom is 1.00 e. The van der Waals surface area contributed by atoms with E-state index < -0.39 is 23.3 Å². The van der Waals surface area contributed by atoms with Gasteiger partial charge in [-0.3, -0.25) is 9.59 Å². The maximum atomic E-state index is 14.4. The molecule has 0 aromatic carbocycles. The summed E-state index contributed by atoms with van der Waals surface area (Å²) >= 11 is 0. The summed E-state index contributed by atoms with van der Waals surface area (Å²) in [5.74, 6) is -2.53. The second-order valence-electron chi connectivity index (χ2n) is 16.3. The third-order valence-corrected chi connectivity index (χ3v) is 13.8. The predicted molar refractivity (Wildman–Crippen MR) is 149 cm³/mol. The van der Waals surface area contributed by atoms with Gasteiger partial charge in [-0.05, 0) is 104 Å². The number of hydrogen-bond donors (Lipinski definition) is 0. The molecule has 0 amide bonds. The Bertz CT molecular complexity index is 1210. The normalized spacial score (nSPS) is 44.4. The van der Waals surface area contributed by atoms with Crippen molar-refractivity contribution in [2.24, 2.45) is 50.2 Å². The first kappa shape index (κ1) is 37.3. The molecule has 0 bridgehead atoms. The SMILES string of the molecule is CC1(C(=O)[O-])CC[C@]2(C)CC[C@]3(C)C(=CC(=O)C4[C@@]5(C)CCC(OC(=O)CCC(=O)[O-])C(C)(C)C5CC[C@]43C)C2C1.[Na+].[Na+]. The number of carbonyl (C=O) groups is 4. The van der Waals surface area contributed by atoms with Crippen LogP contribution in [0.25, 0.3) is 0 Å². The van der Waals surface area contributed by atoms with Crippen LogP contribution in [0, 0.1) is 50.2 Å². The van der Waals surface area contributed by atoms with E-state index in [4.69, 9.17) is 4.74 Å². The summed E-state index contributed by atoms with van der Waals surface area (Å²) in [7, 11) is 0. The maximum absolute atomic E-state index is 14.4. The minimum Gasteiger partial charge on any atom is -0.550 e. The largest absolute Gasteiger partial charge is 1.00 e. The molecule has 7 nitrogen and oxygen atoms in total. The van der Waals surface area contributed by atoms with Gasteiger partial charge in [-0.2, -0.15) is 0 Å². The number of esters is 1. The Labute approximate surface area is 301 Å². The van der Waals surface area contributed by atoms with Gasteiger partial charge < -0.3 is 24.5 Å². The van der Waals surface area contributed by atoms with Crippen LogP contribution in [-0.2, 0) is 23.9 Å². The zero-order valence-electron chi connectivity index (χ0n) is 28.0. The van der Waals surface area contributed by atoms with Crippen LogP contribution in [0.1, 0.15) is 119 Å². The Kier molecular flexibility index (Phi) is 10.5. The van der Waals surface area contributed by atoms with Crippen LogP contribution < -0.4 is 69.3 Å². The number of hydrogen-bond acceptors (Lipinski definition) is 7. The number of carboxylic acids is 2. The molecule has 0 spiro atoms.